The zero-order valence-corrected chi connectivity index (χ0v) is 7.29. The van der Waals surface area contributed by atoms with E-state index in [4.69, 9.17) is 0 Å². The van der Waals surface area contributed by atoms with E-state index in [0.29, 0.717) is 11.8 Å². The van der Waals surface area contributed by atoms with Gasteiger partial charge >= 0.3 is 0 Å². The Morgan fingerprint density at radius 3 is 2.64 bits per heavy atom. The molecule has 0 amide bonds. The molecule has 0 aliphatic heterocycles. The molecular weight excluding hydrogens is 136 g/mol. The lowest BCUT2D eigenvalue weighted by atomic mass is 9.76. The van der Waals surface area contributed by atoms with E-state index in [0.717, 1.165) is 6.42 Å². The Bertz CT molecular complexity index is 127. The first kappa shape index (κ1) is 8.79. The van der Waals surface area contributed by atoms with Gasteiger partial charge in [0.2, 0.25) is 0 Å². The first-order valence-electron chi connectivity index (χ1n) is 4.54. The molecule has 0 aromatic carbocycles. The number of allylic oxidation sites excluding steroid dienone is 1. The summed E-state index contributed by atoms with van der Waals surface area (Å²) in [6.07, 6.45) is 6.51. The van der Waals surface area contributed by atoms with Gasteiger partial charge in [-0.1, -0.05) is 19.4 Å². The zero-order valence-electron chi connectivity index (χ0n) is 7.29. The summed E-state index contributed by atoms with van der Waals surface area (Å²) in [5.74, 6) is 0.989. The Morgan fingerprint density at radius 1 is 1.64 bits per heavy atom. The van der Waals surface area contributed by atoms with Crippen LogP contribution >= 0.6 is 0 Å². The first-order chi connectivity index (χ1) is 5.25. The molecule has 0 aromatic heterocycles. The monoisotopic (exact) mass is 154 g/mol. The molecule has 0 unspecified atom stereocenters. The summed E-state index contributed by atoms with van der Waals surface area (Å²) in [7, 11) is 0. The molecule has 64 valence electrons. The van der Waals surface area contributed by atoms with Gasteiger partial charge in [-0.25, -0.2) is 0 Å². The van der Waals surface area contributed by atoms with E-state index in [1.54, 1.807) is 0 Å². The van der Waals surface area contributed by atoms with Crippen molar-refractivity contribution >= 4 is 0 Å². The van der Waals surface area contributed by atoms with E-state index in [-0.39, 0.29) is 6.10 Å². The fourth-order valence-electron chi connectivity index (χ4n) is 1.65. The van der Waals surface area contributed by atoms with Crippen LogP contribution in [0.2, 0.25) is 0 Å². The van der Waals surface area contributed by atoms with Gasteiger partial charge in [-0.3, -0.25) is 0 Å². The predicted molar refractivity (Wildman–Crippen MR) is 47.3 cm³/mol. The summed E-state index contributed by atoms with van der Waals surface area (Å²) in [5.41, 5.74) is 0. The van der Waals surface area contributed by atoms with Crippen LogP contribution in [0, 0.1) is 11.8 Å². The minimum atomic E-state index is -0.0817. The van der Waals surface area contributed by atoms with Crippen molar-refractivity contribution in [1.29, 1.82) is 0 Å². The average molecular weight is 154 g/mol. The summed E-state index contributed by atoms with van der Waals surface area (Å²) < 4.78 is 0. The third-order valence-corrected chi connectivity index (χ3v) is 2.75. The van der Waals surface area contributed by atoms with E-state index < -0.39 is 0 Å². The van der Waals surface area contributed by atoms with Crippen LogP contribution in [0.1, 0.15) is 32.6 Å². The Morgan fingerprint density at radius 2 is 2.27 bits per heavy atom. The topological polar surface area (TPSA) is 20.2 Å². The molecule has 1 fully saturated rings. The highest BCUT2D eigenvalue weighted by atomic mass is 16.3. The number of rotatable bonds is 4. The standard InChI is InChI=1S/C10H18O/c1-3-5-8(2)10(11)9-6-4-7-9/h3,8-11H,1,4-7H2,2H3/t8-,10+/m0/s1. The van der Waals surface area contributed by atoms with E-state index in [2.05, 4.69) is 13.5 Å². The zero-order chi connectivity index (χ0) is 8.27. The van der Waals surface area contributed by atoms with Gasteiger partial charge in [0, 0.05) is 0 Å². The lowest BCUT2D eigenvalue weighted by molar-refractivity contribution is 0.0218. The maximum absolute atomic E-state index is 9.72. The van der Waals surface area contributed by atoms with Crippen LogP contribution in [0.15, 0.2) is 12.7 Å². The van der Waals surface area contributed by atoms with Crippen LogP contribution in [0.4, 0.5) is 0 Å². The molecule has 1 aliphatic rings. The summed E-state index contributed by atoms with van der Waals surface area (Å²) in [5, 5.41) is 9.72. The molecule has 2 atom stereocenters. The van der Waals surface area contributed by atoms with Gasteiger partial charge in [0.1, 0.15) is 0 Å². The highest BCUT2D eigenvalue weighted by molar-refractivity contribution is 4.83. The third kappa shape index (κ3) is 2.06. The van der Waals surface area contributed by atoms with Gasteiger partial charge in [-0.05, 0) is 31.1 Å². The highest BCUT2D eigenvalue weighted by Gasteiger charge is 2.28. The fraction of sp³-hybridized carbons (Fsp3) is 0.800. The lowest BCUT2D eigenvalue weighted by Gasteiger charge is -2.33. The number of aliphatic hydroxyl groups excluding tert-OH is 1. The van der Waals surface area contributed by atoms with Crippen LogP contribution in [0.25, 0.3) is 0 Å². The molecule has 1 rings (SSSR count). The minimum Gasteiger partial charge on any atom is -0.393 e. The second kappa shape index (κ2) is 3.91. The lowest BCUT2D eigenvalue weighted by Crippen LogP contribution is -2.31. The molecule has 1 heteroatoms. The van der Waals surface area contributed by atoms with Crippen molar-refractivity contribution in [1.82, 2.24) is 0 Å². The third-order valence-electron chi connectivity index (χ3n) is 2.75. The van der Waals surface area contributed by atoms with E-state index >= 15 is 0 Å². The van der Waals surface area contributed by atoms with Crippen LogP contribution in [-0.4, -0.2) is 11.2 Å². The fourth-order valence-corrected chi connectivity index (χ4v) is 1.65. The normalized spacial score (nSPS) is 23.8. The quantitative estimate of drug-likeness (QED) is 0.616. The highest BCUT2D eigenvalue weighted by Crippen LogP contribution is 2.33. The molecule has 1 nitrogen and oxygen atoms in total. The van der Waals surface area contributed by atoms with Crippen LogP contribution in [0.3, 0.4) is 0 Å². The van der Waals surface area contributed by atoms with E-state index in [1.807, 2.05) is 6.08 Å². The van der Waals surface area contributed by atoms with Crippen molar-refractivity contribution in [2.75, 3.05) is 0 Å². The van der Waals surface area contributed by atoms with Crippen LogP contribution in [0.5, 0.6) is 0 Å². The van der Waals surface area contributed by atoms with Crippen LogP contribution in [-0.2, 0) is 0 Å². The summed E-state index contributed by atoms with van der Waals surface area (Å²) in [6, 6.07) is 0. The van der Waals surface area contributed by atoms with Crippen molar-refractivity contribution in [3.05, 3.63) is 12.7 Å². The molecule has 0 aromatic rings. The Labute approximate surface area is 69.1 Å². The number of hydrogen-bond acceptors (Lipinski definition) is 1. The van der Waals surface area contributed by atoms with Gasteiger partial charge in [0.25, 0.3) is 0 Å². The van der Waals surface area contributed by atoms with Gasteiger partial charge in [0.15, 0.2) is 0 Å². The molecule has 1 N–H and O–H groups in total. The Hall–Kier alpha value is -0.300. The maximum atomic E-state index is 9.72. The number of aliphatic hydroxyl groups is 1. The van der Waals surface area contributed by atoms with Gasteiger partial charge in [0.05, 0.1) is 6.10 Å². The van der Waals surface area contributed by atoms with Gasteiger partial charge in [-0.2, -0.15) is 0 Å². The van der Waals surface area contributed by atoms with Gasteiger partial charge < -0.3 is 5.11 Å². The molecule has 1 saturated carbocycles. The van der Waals surface area contributed by atoms with Crippen molar-refractivity contribution in [2.24, 2.45) is 11.8 Å². The summed E-state index contributed by atoms with van der Waals surface area (Å²) in [4.78, 5) is 0. The molecule has 0 radical (unpaired) electrons. The van der Waals surface area contributed by atoms with Gasteiger partial charge in [-0.15, -0.1) is 6.58 Å². The molecular formula is C10H18O. The van der Waals surface area contributed by atoms with Crippen molar-refractivity contribution < 1.29 is 5.11 Å². The summed E-state index contributed by atoms with van der Waals surface area (Å²) >= 11 is 0. The Kier molecular flexibility index (Phi) is 3.13. The van der Waals surface area contributed by atoms with Crippen LogP contribution < -0.4 is 0 Å². The van der Waals surface area contributed by atoms with Crippen molar-refractivity contribution in [2.45, 2.75) is 38.7 Å². The molecule has 0 saturated heterocycles. The van der Waals surface area contributed by atoms with Crippen molar-refractivity contribution in [3.63, 3.8) is 0 Å². The summed E-state index contributed by atoms with van der Waals surface area (Å²) in [6.45, 7) is 5.78. The second-order valence-electron chi connectivity index (χ2n) is 3.68. The molecule has 1 aliphatic carbocycles. The Balaban J connectivity index is 2.26. The van der Waals surface area contributed by atoms with E-state index in [9.17, 15) is 5.11 Å². The molecule has 0 bridgehead atoms. The maximum Gasteiger partial charge on any atom is 0.0596 e. The van der Waals surface area contributed by atoms with E-state index in [1.165, 1.54) is 19.3 Å². The molecule has 11 heavy (non-hydrogen) atoms. The molecule has 0 spiro atoms. The minimum absolute atomic E-state index is 0.0817. The smallest absolute Gasteiger partial charge is 0.0596 e. The average Bonchev–Trinajstić information content (AvgIpc) is 1.84. The second-order valence-corrected chi connectivity index (χ2v) is 3.68. The van der Waals surface area contributed by atoms with Crippen molar-refractivity contribution in [3.8, 4) is 0 Å². The SMILES string of the molecule is C=CC[C@H](C)[C@@H](O)C1CCC1. The largest absolute Gasteiger partial charge is 0.393 e. The predicted octanol–water partition coefficient (Wildman–Crippen LogP) is 2.36. The molecule has 0 heterocycles. The number of hydrogen-bond donors (Lipinski definition) is 1. The first-order valence-corrected chi connectivity index (χ1v) is 4.54.